The predicted octanol–water partition coefficient (Wildman–Crippen LogP) is 1.11. The molecule has 1 N–H and O–H groups in total. The summed E-state index contributed by atoms with van der Waals surface area (Å²) in [5.74, 6) is 0. The topological polar surface area (TPSA) is 33.7 Å². The van der Waals surface area contributed by atoms with E-state index in [1.807, 2.05) is 0 Å². The van der Waals surface area contributed by atoms with Crippen molar-refractivity contribution in [2.75, 3.05) is 46.5 Å². The molecule has 0 aliphatic carbocycles. The summed E-state index contributed by atoms with van der Waals surface area (Å²) in [5, 5.41) is 3.56. The average molecular weight is 244 g/mol. The first-order chi connectivity index (χ1) is 8.30. The molecule has 1 aliphatic rings. The first-order valence-electron chi connectivity index (χ1n) is 6.86. The molecule has 4 nitrogen and oxygen atoms in total. The number of rotatable bonds is 8. The first-order valence-corrected chi connectivity index (χ1v) is 6.86. The lowest BCUT2D eigenvalue weighted by Gasteiger charge is -2.33. The van der Waals surface area contributed by atoms with E-state index in [9.17, 15) is 0 Å². The van der Waals surface area contributed by atoms with Crippen molar-refractivity contribution in [1.29, 1.82) is 0 Å². The fraction of sp³-hybridized carbons (Fsp3) is 1.00. The maximum absolute atomic E-state index is 5.77. The van der Waals surface area contributed by atoms with Gasteiger partial charge in [0.25, 0.3) is 0 Å². The van der Waals surface area contributed by atoms with Crippen LogP contribution in [-0.2, 0) is 9.47 Å². The van der Waals surface area contributed by atoms with Crippen LogP contribution in [0, 0.1) is 0 Å². The number of ether oxygens (including phenoxy) is 2. The Morgan fingerprint density at radius 3 is 2.94 bits per heavy atom. The number of hydrogen-bond donors (Lipinski definition) is 1. The predicted molar refractivity (Wildman–Crippen MR) is 70.4 cm³/mol. The highest BCUT2D eigenvalue weighted by atomic mass is 16.5. The maximum atomic E-state index is 5.77. The Morgan fingerprint density at radius 1 is 1.47 bits per heavy atom. The molecule has 0 aromatic rings. The molecule has 4 heteroatoms. The average Bonchev–Trinajstić information content (AvgIpc) is 2.37. The summed E-state index contributed by atoms with van der Waals surface area (Å²) in [7, 11) is 1.76. The Hall–Kier alpha value is -0.160. The smallest absolute Gasteiger partial charge is 0.0826 e. The summed E-state index contributed by atoms with van der Waals surface area (Å²) in [4.78, 5) is 2.45. The van der Waals surface area contributed by atoms with Gasteiger partial charge in [0.2, 0.25) is 0 Å². The van der Waals surface area contributed by atoms with Gasteiger partial charge in [-0.1, -0.05) is 20.3 Å². The molecule has 0 aromatic carbocycles. The molecule has 2 atom stereocenters. The molecule has 0 saturated carbocycles. The molecule has 1 rings (SSSR count). The Labute approximate surface area is 106 Å². The quantitative estimate of drug-likeness (QED) is 0.693. The van der Waals surface area contributed by atoms with Crippen LogP contribution >= 0.6 is 0 Å². The number of nitrogens with one attached hydrogen (secondary N) is 1. The first kappa shape index (κ1) is 14.9. The molecular formula is C13H28N2O2. The number of morpholine rings is 1. The maximum Gasteiger partial charge on any atom is 0.0826 e. The van der Waals surface area contributed by atoms with Gasteiger partial charge in [0.15, 0.2) is 0 Å². The van der Waals surface area contributed by atoms with Crippen molar-refractivity contribution in [2.24, 2.45) is 0 Å². The van der Waals surface area contributed by atoms with Crippen molar-refractivity contribution < 1.29 is 9.47 Å². The van der Waals surface area contributed by atoms with Gasteiger partial charge in [-0.3, -0.25) is 4.90 Å². The van der Waals surface area contributed by atoms with Gasteiger partial charge >= 0.3 is 0 Å². The van der Waals surface area contributed by atoms with Crippen LogP contribution in [0.2, 0.25) is 0 Å². The molecular weight excluding hydrogens is 216 g/mol. The summed E-state index contributed by atoms with van der Waals surface area (Å²) in [6.45, 7) is 10.3. The van der Waals surface area contributed by atoms with Crippen LogP contribution in [0.1, 0.15) is 26.7 Å². The van der Waals surface area contributed by atoms with Crippen molar-refractivity contribution in [3.8, 4) is 0 Å². The van der Waals surface area contributed by atoms with E-state index in [0.717, 1.165) is 45.8 Å². The Kier molecular flexibility index (Phi) is 7.77. The second kappa shape index (κ2) is 8.86. The summed E-state index contributed by atoms with van der Waals surface area (Å²) >= 11 is 0. The van der Waals surface area contributed by atoms with Gasteiger partial charge in [0.1, 0.15) is 0 Å². The lowest BCUT2D eigenvalue weighted by Crippen LogP contribution is -2.48. The SMILES string of the molecule is CCCC(COC)NCC1CN(CC)CCO1. The summed E-state index contributed by atoms with van der Waals surface area (Å²) < 4.78 is 11.0. The van der Waals surface area contributed by atoms with Gasteiger partial charge in [0, 0.05) is 32.8 Å². The Morgan fingerprint density at radius 2 is 2.29 bits per heavy atom. The van der Waals surface area contributed by atoms with Crippen LogP contribution < -0.4 is 5.32 Å². The van der Waals surface area contributed by atoms with Crippen molar-refractivity contribution in [3.05, 3.63) is 0 Å². The Balaban J connectivity index is 2.22. The van der Waals surface area contributed by atoms with E-state index in [-0.39, 0.29) is 0 Å². The van der Waals surface area contributed by atoms with E-state index >= 15 is 0 Å². The number of nitrogens with zero attached hydrogens (tertiary/aromatic N) is 1. The van der Waals surface area contributed by atoms with Crippen LogP contribution in [0.4, 0.5) is 0 Å². The van der Waals surface area contributed by atoms with Gasteiger partial charge in [-0.15, -0.1) is 0 Å². The van der Waals surface area contributed by atoms with E-state index in [1.54, 1.807) is 7.11 Å². The van der Waals surface area contributed by atoms with E-state index in [0.29, 0.717) is 12.1 Å². The molecule has 1 fully saturated rings. The molecule has 102 valence electrons. The highest BCUT2D eigenvalue weighted by Gasteiger charge is 2.19. The van der Waals surface area contributed by atoms with Gasteiger partial charge in [0.05, 0.1) is 19.3 Å². The fourth-order valence-corrected chi connectivity index (χ4v) is 2.28. The lowest BCUT2D eigenvalue weighted by molar-refractivity contribution is -0.0274. The summed E-state index contributed by atoms with van der Waals surface area (Å²) in [5.41, 5.74) is 0. The van der Waals surface area contributed by atoms with E-state index in [4.69, 9.17) is 9.47 Å². The number of methoxy groups -OCH3 is 1. The van der Waals surface area contributed by atoms with E-state index in [2.05, 4.69) is 24.1 Å². The minimum absolute atomic E-state index is 0.333. The summed E-state index contributed by atoms with van der Waals surface area (Å²) in [6.07, 6.45) is 2.69. The van der Waals surface area contributed by atoms with Crippen molar-refractivity contribution in [3.63, 3.8) is 0 Å². The van der Waals surface area contributed by atoms with Crippen LogP contribution in [0.25, 0.3) is 0 Å². The van der Waals surface area contributed by atoms with Crippen LogP contribution in [0.15, 0.2) is 0 Å². The zero-order chi connectivity index (χ0) is 12.5. The molecule has 0 radical (unpaired) electrons. The second-order valence-electron chi connectivity index (χ2n) is 4.74. The molecule has 1 saturated heterocycles. The standard InChI is InChI=1S/C13H28N2O2/c1-4-6-12(11-16-3)14-9-13-10-15(5-2)7-8-17-13/h12-14H,4-11H2,1-3H3. The fourth-order valence-electron chi connectivity index (χ4n) is 2.28. The highest BCUT2D eigenvalue weighted by molar-refractivity contribution is 4.75. The zero-order valence-corrected chi connectivity index (χ0v) is 11.6. The lowest BCUT2D eigenvalue weighted by atomic mass is 10.1. The van der Waals surface area contributed by atoms with Gasteiger partial charge in [-0.2, -0.15) is 0 Å². The normalized spacial score (nSPS) is 23.8. The van der Waals surface area contributed by atoms with Gasteiger partial charge in [-0.05, 0) is 13.0 Å². The van der Waals surface area contributed by atoms with Crippen LogP contribution in [0.3, 0.4) is 0 Å². The molecule has 1 heterocycles. The summed E-state index contributed by atoms with van der Waals surface area (Å²) in [6, 6.07) is 0.464. The molecule has 0 aromatic heterocycles. The van der Waals surface area contributed by atoms with E-state index in [1.165, 1.54) is 6.42 Å². The van der Waals surface area contributed by atoms with Gasteiger partial charge in [-0.25, -0.2) is 0 Å². The van der Waals surface area contributed by atoms with Crippen molar-refractivity contribution in [2.45, 2.75) is 38.8 Å². The second-order valence-corrected chi connectivity index (χ2v) is 4.74. The molecule has 17 heavy (non-hydrogen) atoms. The molecule has 0 spiro atoms. The number of hydrogen-bond acceptors (Lipinski definition) is 4. The van der Waals surface area contributed by atoms with Crippen molar-refractivity contribution in [1.82, 2.24) is 10.2 Å². The number of likely N-dealkylation sites (N-methyl/N-ethyl adjacent to an activating group) is 1. The highest BCUT2D eigenvalue weighted by Crippen LogP contribution is 2.05. The minimum Gasteiger partial charge on any atom is -0.383 e. The van der Waals surface area contributed by atoms with E-state index < -0.39 is 0 Å². The molecule has 1 aliphatic heterocycles. The third-order valence-electron chi connectivity index (χ3n) is 3.31. The minimum atomic E-state index is 0.333. The Bertz CT molecular complexity index is 184. The van der Waals surface area contributed by atoms with Crippen molar-refractivity contribution >= 4 is 0 Å². The zero-order valence-electron chi connectivity index (χ0n) is 11.6. The molecule has 2 unspecified atom stereocenters. The van der Waals surface area contributed by atoms with Crippen LogP contribution in [-0.4, -0.2) is 63.5 Å². The third kappa shape index (κ3) is 5.82. The monoisotopic (exact) mass is 244 g/mol. The van der Waals surface area contributed by atoms with Gasteiger partial charge < -0.3 is 14.8 Å². The largest absolute Gasteiger partial charge is 0.383 e. The molecule has 0 amide bonds. The molecule has 0 bridgehead atoms. The third-order valence-corrected chi connectivity index (χ3v) is 3.31. The van der Waals surface area contributed by atoms with Crippen LogP contribution in [0.5, 0.6) is 0 Å².